The van der Waals surface area contributed by atoms with Gasteiger partial charge in [-0.15, -0.1) is 0 Å². The van der Waals surface area contributed by atoms with Crippen LogP contribution in [0, 0.1) is 5.92 Å². The standard InChI is InChI=1S/C7H11ClF2O2S/c8-13(11,12)5-6-3-1-2-4-7(6,9)10/h6H,1-5H2/t6-/m1/s1. The van der Waals surface area contributed by atoms with Gasteiger partial charge >= 0.3 is 0 Å². The summed E-state index contributed by atoms with van der Waals surface area (Å²) in [5.74, 6) is -4.56. The molecule has 13 heavy (non-hydrogen) atoms. The third kappa shape index (κ3) is 3.38. The Morgan fingerprint density at radius 3 is 2.46 bits per heavy atom. The van der Waals surface area contributed by atoms with Crippen LogP contribution in [0.3, 0.4) is 0 Å². The SMILES string of the molecule is O=S(=O)(Cl)C[C@H]1CCCCC1(F)F. The first-order valence-electron chi connectivity index (χ1n) is 4.11. The Balaban J connectivity index is 2.67. The fourth-order valence-corrected chi connectivity index (χ4v) is 2.96. The van der Waals surface area contributed by atoms with Gasteiger partial charge in [0, 0.05) is 23.0 Å². The summed E-state index contributed by atoms with van der Waals surface area (Å²) in [6.45, 7) is 0. The van der Waals surface area contributed by atoms with Gasteiger partial charge in [-0.3, -0.25) is 0 Å². The minimum atomic E-state index is -3.80. The summed E-state index contributed by atoms with van der Waals surface area (Å²) >= 11 is 0. The van der Waals surface area contributed by atoms with Crippen molar-refractivity contribution in [2.24, 2.45) is 5.92 Å². The molecule has 0 unspecified atom stereocenters. The molecule has 0 heterocycles. The molecule has 0 bridgehead atoms. The molecule has 0 aromatic carbocycles. The molecule has 78 valence electrons. The van der Waals surface area contributed by atoms with Gasteiger partial charge in [-0.25, -0.2) is 17.2 Å². The zero-order valence-corrected chi connectivity index (χ0v) is 8.54. The second-order valence-electron chi connectivity index (χ2n) is 3.41. The predicted octanol–water partition coefficient (Wildman–Crippen LogP) is 2.38. The molecule has 0 aromatic heterocycles. The highest BCUT2D eigenvalue weighted by Gasteiger charge is 2.43. The molecule has 0 aromatic rings. The van der Waals surface area contributed by atoms with Crippen LogP contribution in [0.25, 0.3) is 0 Å². The number of alkyl halides is 2. The Morgan fingerprint density at radius 2 is 2.00 bits per heavy atom. The monoisotopic (exact) mass is 232 g/mol. The van der Waals surface area contributed by atoms with Crippen LogP contribution in [0.2, 0.25) is 0 Å². The summed E-state index contributed by atoms with van der Waals surface area (Å²) in [6, 6.07) is 0. The average Bonchev–Trinajstić information content (AvgIpc) is 1.91. The van der Waals surface area contributed by atoms with E-state index in [1.54, 1.807) is 0 Å². The summed E-state index contributed by atoms with van der Waals surface area (Å²) in [6.07, 6.45) is 1.15. The first-order valence-corrected chi connectivity index (χ1v) is 6.59. The minimum Gasteiger partial charge on any atom is -0.212 e. The smallest absolute Gasteiger partial charge is 0.212 e. The summed E-state index contributed by atoms with van der Waals surface area (Å²) in [4.78, 5) is 0. The van der Waals surface area contributed by atoms with Crippen LogP contribution in [0.4, 0.5) is 8.78 Å². The fraction of sp³-hybridized carbons (Fsp3) is 1.00. The maximum absolute atomic E-state index is 13.1. The second kappa shape index (κ2) is 3.69. The fourth-order valence-electron chi connectivity index (χ4n) is 1.61. The Labute approximate surface area is 80.7 Å². The van der Waals surface area contributed by atoms with E-state index >= 15 is 0 Å². The van der Waals surface area contributed by atoms with Crippen LogP contribution in [-0.2, 0) is 9.05 Å². The van der Waals surface area contributed by atoms with Crippen molar-refractivity contribution in [1.29, 1.82) is 0 Å². The zero-order valence-electron chi connectivity index (χ0n) is 6.97. The zero-order chi connectivity index (χ0) is 10.1. The van der Waals surface area contributed by atoms with Crippen molar-refractivity contribution in [1.82, 2.24) is 0 Å². The van der Waals surface area contributed by atoms with E-state index in [9.17, 15) is 17.2 Å². The molecule has 1 aliphatic carbocycles. The summed E-state index contributed by atoms with van der Waals surface area (Å²) in [7, 11) is 1.13. The molecule has 0 saturated heterocycles. The van der Waals surface area contributed by atoms with E-state index in [4.69, 9.17) is 10.7 Å². The second-order valence-corrected chi connectivity index (χ2v) is 6.23. The summed E-state index contributed by atoms with van der Waals surface area (Å²) < 4.78 is 47.4. The van der Waals surface area contributed by atoms with E-state index in [-0.39, 0.29) is 12.8 Å². The maximum Gasteiger partial charge on any atom is 0.251 e. The first-order chi connectivity index (χ1) is 5.81. The summed E-state index contributed by atoms with van der Waals surface area (Å²) in [5.41, 5.74) is 0. The Bertz CT molecular complexity index is 276. The van der Waals surface area contributed by atoms with Crippen LogP contribution in [-0.4, -0.2) is 20.1 Å². The van der Waals surface area contributed by atoms with Crippen molar-refractivity contribution in [3.63, 3.8) is 0 Å². The Kier molecular flexibility index (Phi) is 3.17. The lowest BCUT2D eigenvalue weighted by Crippen LogP contribution is -2.35. The quantitative estimate of drug-likeness (QED) is 0.685. The number of rotatable bonds is 2. The topological polar surface area (TPSA) is 34.1 Å². The number of halogens is 3. The van der Waals surface area contributed by atoms with Gasteiger partial charge < -0.3 is 0 Å². The lowest BCUT2D eigenvalue weighted by molar-refractivity contribution is -0.0769. The van der Waals surface area contributed by atoms with E-state index in [0.29, 0.717) is 12.8 Å². The van der Waals surface area contributed by atoms with Gasteiger partial charge in [0.25, 0.3) is 5.92 Å². The summed E-state index contributed by atoms with van der Waals surface area (Å²) in [5, 5.41) is 0. The van der Waals surface area contributed by atoms with Crippen molar-refractivity contribution in [2.45, 2.75) is 31.6 Å². The van der Waals surface area contributed by atoms with Crippen LogP contribution in [0.15, 0.2) is 0 Å². The molecule has 1 rings (SSSR count). The molecule has 1 fully saturated rings. The Morgan fingerprint density at radius 1 is 1.38 bits per heavy atom. The molecule has 1 aliphatic rings. The van der Waals surface area contributed by atoms with Gasteiger partial charge in [0.15, 0.2) is 0 Å². The molecule has 0 radical (unpaired) electrons. The average molecular weight is 233 g/mol. The van der Waals surface area contributed by atoms with E-state index in [1.165, 1.54) is 0 Å². The molecular formula is C7H11ClF2O2S. The molecule has 0 amide bonds. The van der Waals surface area contributed by atoms with Crippen molar-refractivity contribution in [2.75, 3.05) is 5.75 Å². The van der Waals surface area contributed by atoms with Gasteiger partial charge in [-0.05, 0) is 12.8 Å². The van der Waals surface area contributed by atoms with Gasteiger partial charge in [-0.2, -0.15) is 0 Å². The molecular weight excluding hydrogens is 222 g/mol. The highest BCUT2D eigenvalue weighted by atomic mass is 35.7. The highest BCUT2D eigenvalue weighted by molar-refractivity contribution is 8.13. The maximum atomic E-state index is 13.1. The lowest BCUT2D eigenvalue weighted by Gasteiger charge is -2.30. The largest absolute Gasteiger partial charge is 0.251 e. The normalized spacial score (nSPS) is 28.7. The van der Waals surface area contributed by atoms with E-state index in [2.05, 4.69) is 0 Å². The molecule has 2 nitrogen and oxygen atoms in total. The molecule has 1 atom stereocenters. The van der Waals surface area contributed by atoms with E-state index in [0.717, 1.165) is 0 Å². The first kappa shape index (κ1) is 11.2. The van der Waals surface area contributed by atoms with Crippen molar-refractivity contribution >= 4 is 19.7 Å². The molecule has 0 spiro atoms. The van der Waals surface area contributed by atoms with Gasteiger partial charge in [0.05, 0.1) is 5.75 Å². The predicted molar refractivity (Wildman–Crippen MR) is 46.5 cm³/mol. The minimum absolute atomic E-state index is 0.218. The van der Waals surface area contributed by atoms with Crippen LogP contribution >= 0.6 is 10.7 Å². The molecule has 1 saturated carbocycles. The van der Waals surface area contributed by atoms with E-state index < -0.39 is 26.6 Å². The van der Waals surface area contributed by atoms with Gasteiger partial charge in [0.2, 0.25) is 9.05 Å². The van der Waals surface area contributed by atoms with Crippen molar-refractivity contribution < 1.29 is 17.2 Å². The van der Waals surface area contributed by atoms with Gasteiger partial charge in [-0.1, -0.05) is 6.42 Å². The molecule has 0 aliphatic heterocycles. The third-order valence-corrected chi connectivity index (χ3v) is 3.49. The van der Waals surface area contributed by atoms with E-state index in [1.807, 2.05) is 0 Å². The lowest BCUT2D eigenvalue weighted by atomic mass is 9.87. The van der Waals surface area contributed by atoms with Crippen LogP contribution in [0.1, 0.15) is 25.7 Å². The van der Waals surface area contributed by atoms with Gasteiger partial charge in [0.1, 0.15) is 0 Å². The number of hydrogen-bond donors (Lipinski definition) is 0. The Hall–Kier alpha value is 0.1000. The van der Waals surface area contributed by atoms with Crippen molar-refractivity contribution in [3.05, 3.63) is 0 Å². The van der Waals surface area contributed by atoms with Crippen LogP contribution in [0.5, 0.6) is 0 Å². The number of hydrogen-bond acceptors (Lipinski definition) is 2. The molecule has 0 N–H and O–H groups in total. The highest BCUT2D eigenvalue weighted by Crippen LogP contribution is 2.39. The van der Waals surface area contributed by atoms with Crippen molar-refractivity contribution in [3.8, 4) is 0 Å². The third-order valence-electron chi connectivity index (χ3n) is 2.31. The van der Waals surface area contributed by atoms with Crippen LogP contribution < -0.4 is 0 Å². The molecule has 6 heteroatoms.